The molecule has 0 aromatic heterocycles. The maximum absolute atomic E-state index is 12.8. The van der Waals surface area contributed by atoms with E-state index < -0.39 is 0 Å². The second kappa shape index (κ2) is 9.52. The lowest BCUT2D eigenvalue weighted by Crippen LogP contribution is -2.17. The molecule has 0 saturated carbocycles. The maximum Gasteiger partial charge on any atom is 0.255 e. The molecule has 0 aliphatic carbocycles. The van der Waals surface area contributed by atoms with Gasteiger partial charge in [0, 0.05) is 22.5 Å². The van der Waals surface area contributed by atoms with E-state index >= 15 is 0 Å². The van der Waals surface area contributed by atoms with Crippen LogP contribution >= 0.6 is 0 Å². The number of carbonyl (C=O) groups is 2. The van der Waals surface area contributed by atoms with Crippen LogP contribution in [0.2, 0.25) is 0 Å². The third kappa shape index (κ3) is 4.85. The van der Waals surface area contributed by atoms with Crippen molar-refractivity contribution in [2.75, 3.05) is 38.1 Å². The lowest BCUT2D eigenvalue weighted by atomic mass is 10.1. The smallest absolute Gasteiger partial charge is 0.255 e. The molecule has 1 aliphatic heterocycles. The fourth-order valence-electron chi connectivity index (χ4n) is 3.39. The van der Waals surface area contributed by atoms with Gasteiger partial charge in [-0.15, -0.1) is 0 Å². The van der Waals surface area contributed by atoms with E-state index in [9.17, 15) is 9.59 Å². The van der Waals surface area contributed by atoms with Crippen LogP contribution < -0.4 is 29.6 Å². The molecule has 170 valence electrons. The van der Waals surface area contributed by atoms with Crippen molar-refractivity contribution in [1.82, 2.24) is 0 Å². The molecule has 4 rings (SSSR count). The molecule has 0 radical (unpaired) electrons. The number of nitrogens with one attached hydrogen (secondary N) is 2. The molecule has 2 amide bonds. The molecule has 0 unspecified atom stereocenters. The van der Waals surface area contributed by atoms with Gasteiger partial charge in [0.1, 0.15) is 13.2 Å². The Morgan fingerprint density at radius 2 is 1.42 bits per heavy atom. The first-order valence-corrected chi connectivity index (χ1v) is 10.3. The summed E-state index contributed by atoms with van der Waals surface area (Å²) in [7, 11) is 3.04. The van der Waals surface area contributed by atoms with Gasteiger partial charge in [-0.1, -0.05) is 6.07 Å². The molecule has 0 fully saturated rings. The van der Waals surface area contributed by atoms with Gasteiger partial charge in [-0.3, -0.25) is 9.59 Å². The minimum atomic E-state index is -0.311. The largest absolute Gasteiger partial charge is 0.493 e. The number of hydrogen-bond donors (Lipinski definition) is 2. The molecule has 1 aliphatic rings. The summed E-state index contributed by atoms with van der Waals surface area (Å²) in [6.07, 6.45) is 0. The summed E-state index contributed by atoms with van der Waals surface area (Å²) in [6.45, 7) is 2.80. The van der Waals surface area contributed by atoms with Crippen molar-refractivity contribution in [2.45, 2.75) is 6.92 Å². The first kappa shape index (κ1) is 22.0. The van der Waals surface area contributed by atoms with E-state index in [1.165, 1.54) is 14.2 Å². The third-order valence-corrected chi connectivity index (χ3v) is 5.19. The lowest BCUT2D eigenvalue weighted by Gasteiger charge is -2.18. The van der Waals surface area contributed by atoms with E-state index in [2.05, 4.69) is 10.6 Å². The van der Waals surface area contributed by atoms with Gasteiger partial charge in [-0.25, -0.2) is 0 Å². The van der Waals surface area contributed by atoms with Gasteiger partial charge < -0.3 is 29.6 Å². The maximum atomic E-state index is 12.8. The molecular formula is C25H24N2O6. The predicted molar refractivity (Wildman–Crippen MR) is 124 cm³/mol. The second-order valence-corrected chi connectivity index (χ2v) is 7.37. The Morgan fingerprint density at radius 3 is 2.18 bits per heavy atom. The first-order chi connectivity index (χ1) is 16.0. The van der Waals surface area contributed by atoms with E-state index in [4.69, 9.17) is 18.9 Å². The Hall–Kier alpha value is -4.20. The van der Waals surface area contributed by atoms with Crippen molar-refractivity contribution >= 4 is 23.2 Å². The van der Waals surface area contributed by atoms with E-state index in [0.29, 0.717) is 58.7 Å². The first-order valence-electron chi connectivity index (χ1n) is 10.3. The van der Waals surface area contributed by atoms with Crippen molar-refractivity contribution in [3.63, 3.8) is 0 Å². The van der Waals surface area contributed by atoms with E-state index in [1.54, 1.807) is 48.5 Å². The normalized spacial score (nSPS) is 12.0. The summed E-state index contributed by atoms with van der Waals surface area (Å²) >= 11 is 0. The quantitative estimate of drug-likeness (QED) is 0.584. The minimum absolute atomic E-state index is 0.298. The van der Waals surface area contributed by atoms with Crippen molar-refractivity contribution < 1.29 is 28.5 Å². The van der Waals surface area contributed by atoms with Crippen molar-refractivity contribution in [2.24, 2.45) is 0 Å². The highest BCUT2D eigenvalue weighted by Crippen LogP contribution is 2.31. The fourth-order valence-corrected chi connectivity index (χ4v) is 3.39. The van der Waals surface area contributed by atoms with Gasteiger partial charge in [0.2, 0.25) is 0 Å². The van der Waals surface area contributed by atoms with Crippen LogP contribution in [0.3, 0.4) is 0 Å². The number of ether oxygens (including phenoxy) is 4. The van der Waals surface area contributed by atoms with Crippen LogP contribution in [0.25, 0.3) is 0 Å². The zero-order valence-corrected chi connectivity index (χ0v) is 18.6. The van der Waals surface area contributed by atoms with Crippen LogP contribution in [-0.4, -0.2) is 39.2 Å². The molecular weight excluding hydrogens is 424 g/mol. The van der Waals surface area contributed by atoms with Gasteiger partial charge in [-0.05, 0) is 61.0 Å². The number of methoxy groups -OCH3 is 2. The Kier molecular flexibility index (Phi) is 6.35. The van der Waals surface area contributed by atoms with Crippen LogP contribution in [0.15, 0.2) is 54.6 Å². The molecule has 3 aromatic rings. The van der Waals surface area contributed by atoms with Crippen LogP contribution in [0, 0.1) is 6.92 Å². The molecule has 2 N–H and O–H groups in total. The van der Waals surface area contributed by atoms with Crippen molar-refractivity contribution in [3.05, 3.63) is 71.3 Å². The topological polar surface area (TPSA) is 95.1 Å². The second-order valence-electron chi connectivity index (χ2n) is 7.37. The predicted octanol–water partition coefficient (Wildman–Crippen LogP) is 4.29. The van der Waals surface area contributed by atoms with Crippen molar-refractivity contribution in [1.29, 1.82) is 0 Å². The molecule has 1 heterocycles. The number of anilines is 2. The Bertz CT molecular complexity index is 1210. The fraction of sp³-hybridized carbons (Fsp3) is 0.200. The SMILES string of the molecule is COc1ccc(C(=O)Nc2cc(NC(=O)c3ccc4c(c3)OCCO4)ccc2C)cc1OC. The summed E-state index contributed by atoms with van der Waals surface area (Å²) in [5, 5.41) is 5.74. The lowest BCUT2D eigenvalue weighted by molar-refractivity contribution is 0.101. The highest BCUT2D eigenvalue weighted by Gasteiger charge is 2.16. The van der Waals surface area contributed by atoms with E-state index in [1.807, 2.05) is 13.0 Å². The monoisotopic (exact) mass is 448 g/mol. The molecule has 33 heavy (non-hydrogen) atoms. The molecule has 8 nitrogen and oxygen atoms in total. The van der Waals surface area contributed by atoms with Gasteiger partial charge in [0.25, 0.3) is 11.8 Å². The van der Waals surface area contributed by atoms with Gasteiger partial charge in [0.05, 0.1) is 14.2 Å². The molecule has 0 spiro atoms. The Morgan fingerprint density at radius 1 is 0.758 bits per heavy atom. The molecule has 8 heteroatoms. The van der Waals surface area contributed by atoms with Crippen LogP contribution in [-0.2, 0) is 0 Å². The van der Waals surface area contributed by atoms with E-state index in [-0.39, 0.29) is 11.8 Å². The molecule has 0 bridgehead atoms. The average Bonchev–Trinajstić information content (AvgIpc) is 2.85. The van der Waals surface area contributed by atoms with Gasteiger partial charge >= 0.3 is 0 Å². The number of fused-ring (bicyclic) bond motifs is 1. The minimum Gasteiger partial charge on any atom is -0.493 e. The zero-order chi connectivity index (χ0) is 23.4. The number of benzene rings is 3. The molecule has 3 aromatic carbocycles. The van der Waals surface area contributed by atoms with Crippen LogP contribution in [0.1, 0.15) is 26.3 Å². The highest BCUT2D eigenvalue weighted by atomic mass is 16.6. The summed E-state index contributed by atoms with van der Waals surface area (Å²) in [5.74, 6) is 1.55. The number of amides is 2. The Balaban J connectivity index is 1.50. The zero-order valence-electron chi connectivity index (χ0n) is 18.6. The number of rotatable bonds is 6. The van der Waals surface area contributed by atoms with Crippen LogP contribution in [0.4, 0.5) is 11.4 Å². The highest BCUT2D eigenvalue weighted by molar-refractivity contribution is 6.07. The van der Waals surface area contributed by atoms with Gasteiger partial charge in [-0.2, -0.15) is 0 Å². The van der Waals surface area contributed by atoms with Gasteiger partial charge in [0.15, 0.2) is 23.0 Å². The number of carbonyl (C=O) groups excluding carboxylic acids is 2. The summed E-state index contributed by atoms with van der Waals surface area (Å²) < 4.78 is 21.5. The van der Waals surface area contributed by atoms with Crippen LogP contribution in [0.5, 0.6) is 23.0 Å². The standard InChI is InChI=1S/C25H24N2O6/c1-15-4-7-18(26-24(28)17-6-9-21-23(13-17)33-11-10-32-21)14-19(15)27-25(29)16-5-8-20(30-2)22(12-16)31-3/h4-9,12-14H,10-11H2,1-3H3,(H,26,28)(H,27,29). The average molecular weight is 448 g/mol. The summed E-state index contributed by atoms with van der Waals surface area (Å²) in [5.41, 5.74) is 2.83. The van der Waals surface area contributed by atoms with Crippen molar-refractivity contribution in [3.8, 4) is 23.0 Å². The molecule has 0 atom stereocenters. The number of hydrogen-bond acceptors (Lipinski definition) is 6. The number of aryl methyl sites for hydroxylation is 1. The summed E-state index contributed by atoms with van der Waals surface area (Å²) in [6, 6.07) is 15.3. The molecule has 0 saturated heterocycles. The third-order valence-electron chi connectivity index (χ3n) is 5.19. The summed E-state index contributed by atoms with van der Waals surface area (Å²) in [4.78, 5) is 25.6. The van der Waals surface area contributed by atoms with E-state index in [0.717, 1.165) is 5.56 Å². The Labute approximate surface area is 191 Å².